The molecule has 0 saturated heterocycles. The van der Waals surface area contributed by atoms with Gasteiger partial charge >= 0.3 is 0 Å². The Hall–Kier alpha value is -1.13. The van der Waals surface area contributed by atoms with Gasteiger partial charge in [0, 0.05) is 5.56 Å². The van der Waals surface area contributed by atoms with Crippen molar-refractivity contribution in [2.24, 2.45) is 0 Å². The van der Waals surface area contributed by atoms with Crippen LogP contribution >= 0.6 is 31.9 Å². The first-order chi connectivity index (χ1) is 8.25. The molecule has 0 unspecified atom stereocenters. The number of fused-ring (bicyclic) bond motifs is 1. The molecule has 0 radical (unpaired) electrons. The molecule has 3 rings (SSSR count). The monoisotopic (exact) mass is 350 g/mol. The van der Waals surface area contributed by atoms with Gasteiger partial charge in [-0.1, -0.05) is 42.5 Å². The van der Waals surface area contributed by atoms with Gasteiger partial charge in [0.15, 0.2) is 4.73 Å². The topological polar surface area (TPSA) is 28.7 Å². The van der Waals surface area contributed by atoms with E-state index in [1.807, 2.05) is 18.2 Å². The largest absolute Gasteiger partial charge is 0.327 e. The van der Waals surface area contributed by atoms with E-state index in [9.17, 15) is 0 Å². The summed E-state index contributed by atoms with van der Waals surface area (Å²) < 4.78 is 1.62. The number of benzene rings is 2. The van der Waals surface area contributed by atoms with Crippen LogP contribution in [0.25, 0.3) is 22.0 Å². The average Bonchev–Trinajstić information content (AvgIpc) is 2.68. The van der Waals surface area contributed by atoms with Crippen LogP contribution in [-0.2, 0) is 0 Å². The number of aromatic amines is 1. The molecule has 2 aromatic carbocycles. The average molecular weight is 352 g/mol. The molecule has 0 aliphatic carbocycles. The van der Waals surface area contributed by atoms with Gasteiger partial charge in [-0.05, 0) is 42.6 Å². The lowest BCUT2D eigenvalue weighted by Crippen LogP contribution is -1.82. The third kappa shape index (κ3) is 1.91. The molecule has 0 fully saturated rings. The van der Waals surface area contributed by atoms with Crippen LogP contribution < -0.4 is 0 Å². The Bertz CT molecular complexity index is 683. The van der Waals surface area contributed by atoms with Crippen molar-refractivity contribution >= 4 is 42.6 Å². The molecule has 0 saturated carbocycles. The van der Waals surface area contributed by atoms with Crippen molar-refractivity contribution in [2.45, 2.75) is 0 Å². The molecule has 0 aliphatic heterocycles. The highest BCUT2D eigenvalue weighted by atomic mass is 79.9. The summed E-state index contributed by atoms with van der Waals surface area (Å²) in [6.45, 7) is 0. The maximum Gasteiger partial charge on any atom is 0.175 e. The predicted octanol–water partition coefficient (Wildman–Crippen LogP) is 4.75. The summed E-state index contributed by atoms with van der Waals surface area (Å²) in [4.78, 5) is 7.54. The van der Waals surface area contributed by atoms with Crippen molar-refractivity contribution < 1.29 is 0 Å². The van der Waals surface area contributed by atoms with Gasteiger partial charge in [-0.25, -0.2) is 4.98 Å². The lowest BCUT2D eigenvalue weighted by atomic mass is 10.0. The molecule has 0 atom stereocenters. The Labute approximate surface area is 115 Å². The van der Waals surface area contributed by atoms with Crippen LogP contribution in [0.3, 0.4) is 0 Å². The fourth-order valence-electron chi connectivity index (χ4n) is 1.94. The lowest BCUT2D eigenvalue weighted by molar-refractivity contribution is 1.23. The van der Waals surface area contributed by atoms with Gasteiger partial charge < -0.3 is 4.98 Å². The highest BCUT2D eigenvalue weighted by Crippen LogP contribution is 2.32. The van der Waals surface area contributed by atoms with E-state index in [0.29, 0.717) is 0 Å². The molecule has 0 bridgehead atoms. The van der Waals surface area contributed by atoms with Gasteiger partial charge in [-0.2, -0.15) is 0 Å². The van der Waals surface area contributed by atoms with Gasteiger partial charge in [-0.3, -0.25) is 0 Å². The number of nitrogens with zero attached hydrogens (tertiary/aromatic N) is 1. The van der Waals surface area contributed by atoms with Crippen LogP contribution in [-0.4, -0.2) is 9.97 Å². The molecule has 4 heteroatoms. The van der Waals surface area contributed by atoms with Crippen LogP contribution in [0, 0.1) is 0 Å². The fraction of sp³-hybridized carbons (Fsp3) is 0. The summed E-state index contributed by atoms with van der Waals surface area (Å²) in [5, 5.41) is 2.42. The predicted molar refractivity (Wildman–Crippen MR) is 76.9 cm³/mol. The summed E-state index contributed by atoms with van der Waals surface area (Å²) in [7, 11) is 0. The van der Waals surface area contributed by atoms with Gasteiger partial charge in [-0.15, -0.1) is 0 Å². The maximum absolute atomic E-state index is 4.44. The van der Waals surface area contributed by atoms with E-state index in [0.717, 1.165) is 20.6 Å². The van der Waals surface area contributed by atoms with Crippen LogP contribution in [0.15, 0.2) is 51.8 Å². The minimum Gasteiger partial charge on any atom is -0.327 e. The molecular formula is C13H8Br2N2. The molecule has 1 N–H and O–H groups in total. The van der Waals surface area contributed by atoms with Crippen molar-refractivity contribution in [3.63, 3.8) is 0 Å². The molecule has 0 aliphatic rings. The highest BCUT2D eigenvalue weighted by Gasteiger charge is 2.11. The van der Waals surface area contributed by atoms with Crippen LogP contribution in [0.1, 0.15) is 0 Å². The molecule has 0 amide bonds. The van der Waals surface area contributed by atoms with E-state index in [4.69, 9.17) is 0 Å². The molecule has 1 aromatic heterocycles. The SMILES string of the molecule is Brc1nc(-c2cccc3ccccc23)c(Br)[nH]1. The number of halogens is 2. The number of imidazole rings is 1. The van der Waals surface area contributed by atoms with Crippen molar-refractivity contribution in [3.8, 4) is 11.3 Å². The zero-order valence-electron chi connectivity index (χ0n) is 8.74. The Morgan fingerprint density at radius 3 is 2.47 bits per heavy atom. The van der Waals surface area contributed by atoms with Crippen molar-refractivity contribution in [2.75, 3.05) is 0 Å². The number of rotatable bonds is 1. The van der Waals surface area contributed by atoms with Gasteiger partial charge in [0.2, 0.25) is 0 Å². The van der Waals surface area contributed by atoms with E-state index in [-0.39, 0.29) is 0 Å². The Morgan fingerprint density at radius 2 is 1.71 bits per heavy atom. The lowest BCUT2D eigenvalue weighted by Gasteiger charge is -2.04. The summed E-state index contributed by atoms with van der Waals surface area (Å²) in [5.74, 6) is 0. The zero-order valence-corrected chi connectivity index (χ0v) is 11.9. The van der Waals surface area contributed by atoms with Crippen molar-refractivity contribution in [1.82, 2.24) is 9.97 Å². The number of H-pyrrole nitrogens is 1. The quantitative estimate of drug-likeness (QED) is 0.673. The minimum absolute atomic E-state index is 0.729. The molecule has 2 nitrogen and oxygen atoms in total. The van der Waals surface area contributed by atoms with Crippen LogP contribution in [0.4, 0.5) is 0 Å². The first kappa shape index (κ1) is 11.0. The van der Waals surface area contributed by atoms with Gasteiger partial charge in [0.1, 0.15) is 10.3 Å². The highest BCUT2D eigenvalue weighted by molar-refractivity contribution is 9.11. The Balaban J connectivity index is 2.34. The Kier molecular flexibility index (Phi) is 2.76. The second kappa shape index (κ2) is 4.27. The third-order valence-corrected chi connectivity index (χ3v) is 3.62. The van der Waals surface area contributed by atoms with Crippen LogP contribution in [0.2, 0.25) is 0 Å². The molecule has 1 heterocycles. The molecule has 3 aromatic rings. The number of hydrogen-bond acceptors (Lipinski definition) is 1. The number of nitrogens with one attached hydrogen (secondary N) is 1. The summed E-state index contributed by atoms with van der Waals surface area (Å²) in [6, 6.07) is 14.5. The fourth-order valence-corrected chi connectivity index (χ4v) is 3.07. The normalized spacial score (nSPS) is 10.9. The van der Waals surface area contributed by atoms with E-state index < -0.39 is 0 Å². The minimum atomic E-state index is 0.729. The van der Waals surface area contributed by atoms with Gasteiger partial charge in [0.25, 0.3) is 0 Å². The van der Waals surface area contributed by atoms with Crippen molar-refractivity contribution in [1.29, 1.82) is 0 Å². The number of aromatic nitrogens is 2. The molecular weight excluding hydrogens is 344 g/mol. The first-order valence-corrected chi connectivity index (χ1v) is 6.73. The van der Waals surface area contributed by atoms with E-state index >= 15 is 0 Å². The number of hydrogen-bond donors (Lipinski definition) is 1. The maximum atomic E-state index is 4.44. The molecule has 17 heavy (non-hydrogen) atoms. The second-order valence-corrected chi connectivity index (χ2v) is 5.26. The first-order valence-electron chi connectivity index (χ1n) is 5.15. The Morgan fingerprint density at radius 1 is 0.941 bits per heavy atom. The van der Waals surface area contributed by atoms with Crippen molar-refractivity contribution in [3.05, 3.63) is 51.8 Å². The van der Waals surface area contributed by atoms with E-state index in [1.54, 1.807) is 0 Å². The smallest absolute Gasteiger partial charge is 0.175 e. The van der Waals surface area contributed by atoms with E-state index in [2.05, 4.69) is 66.1 Å². The second-order valence-electron chi connectivity index (χ2n) is 3.72. The van der Waals surface area contributed by atoms with E-state index in [1.165, 1.54) is 10.8 Å². The standard InChI is InChI=1S/C13H8Br2N2/c14-12-11(16-13(15)17-12)10-7-3-5-8-4-1-2-6-9(8)10/h1-7H,(H,16,17). The molecule has 0 spiro atoms. The summed E-state index contributed by atoms with van der Waals surface area (Å²) in [6.07, 6.45) is 0. The zero-order chi connectivity index (χ0) is 11.8. The van der Waals surface area contributed by atoms with Crippen LogP contribution in [0.5, 0.6) is 0 Å². The summed E-state index contributed by atoms with van der Waals surface area (Å²) >= 11 is 6.84. The molecule has 84 valence electrons. The summed E-state index contributed by atoms with van der Waals surface area (Å²) in [5.41, 5.74) is 2.05. The van der Waals surface area contributed by atoms with Gasteiger partial charge in [0.05, 0.1) is 0 Å². The third-order valence-electron chi connectivity index (χ3n) is 2.68.